The van der Waals surface area contributed by atoms with E-state index in [4.69, 9.17) is 9.47 Å². The van der Waals surface area contributed by atoms with Gasteiger partial charge in [-0.25, -0.2) is 0 Å². The van der Waals surface area contributed by atoms with Crippen LogP contribution in [0, 0.1) is 5.92 Å². The lowest BCUT2D eigenvalue weighted by atomic mass is 9.83. The molecule has 1 saturated carbocycles. The maximum absolute atomic E-state index is 9.88. The van der Waals surface area contributed by atoms with Gasteiger partial charge in [-0.15, -0.1) is 0 Å². The van der Waals surface area contributed by atoms with E-state index in [2.05, 4.69) is 4.90 Å². The van der Waals surface area contributed by atoms with Gasteiger partial charge in [-0.05, 0) is 33.4 Å². The first kappa shape index (κ1) is 11.3. The molecule has 3 unspecified atom stereocenters. The van der Waals surface area contributed by atoms with Crippen molar-refractivity contribution in [1.29, 1.82) is 0 Å². The van der Waals surface area contributed by atoms with Crippen LogP contribution in [0.2, 0.25) is 0 Å². The summed E-state index contributed by atoms with van der Waals surface area (Å²) in [6.07, 6.45) is 2.61. The third-order valence-electron chi connectivity index (χ3n) is 3.52. The van der Waals surface area contributed by atoms with Crippen LogP contribution in [0.1, 0.15) is 19.3 Å². The number of hydrogen-bond donors (Lipinski definition) is 1. The second kappa shape index (κ2) is 4.78. The minimum Gasteiger partial charge on any atom is -0.391 e. The Labute approximate surface area is 91.2 Å². The van der Waals surface area contributed by atoms with Crippen LogP contribution in [0.15, 0.2) is 0 Å². The normalized spacial score (nSPS) is 38.8. The van der Waals surface area contributed by atoms with Gasteiger partial charge in [-0.3, -0.25) is 0 Å². The molecule has 0 radical (unpaired) electrons. The van der Waals surface area contributed by atoms with Gasteiger partial charge < -0.3 is 19.5 Å². The summed E-state index contributed by atoms with van der Waals surface area (Å²) in [6, 6.07) is 0.247. The molecule has 15 heavy (non-hydrogen) atoms. The first-order chi connectivity index (χ1) is 7.18. The topological polar surface area (TPSA) is 41.9 Å². The molecule has 0 aromatic heterocycles. The van der Waals surface area contributed by atoms with E-state index in [-0.39, 0.29) is 18.4 Å². The number of aliphatic hydroxyl groups excluding tert-OH is 1. The molecule has 1 aliphatic heterocycles. The van der Waals surface area contributed by atoms with E-state index in [1.807, 2.05) is 14.1 Å². The van der Waals surface area contributed by atoms with Crippen molar-refractivity contribution >= 4 is 0 Å². The highest BCUT2D eigenvalue weighted by Gasteiger charge is 2.36. The highest BCUT2D eigenvalue weighted by Crippen LogP contribution is 2.32. The Kier molecular flexibility index (Phi) is 3.61. The molecule has 0 spiro atoms. The van der Waals surface area contributed by atoms with E-state index in [0.717, 1.165) is 32.5 Å². The molecule has 88 valence electrons. The van der Waals surface area contributed by atoms with Gasteiger partial charge in [0.2, 0.25) is 0 Å². The summed E-state index contributed by atoms with van der Waals surface area (Å²) in [5.41, 5.74) is 0. The van der Waals surface area contributed by atoms with Crippen LogP contribution in [0.4, 0.5) is 0 Å². The average molecular weight is 215 g/mol. The second-order valence-corrected chi connectivity index (χ2v) is 4.78. The number of likely N-dealkylation sites (N-methyl/N-ethyl adjacent to an activating group) is 1. The molecule has 2 rings (SSSR count). The van der Waals surface area contributed by atoms with Gasteiger partial charge in [0.1, 0.15) is 0 Å². The molecule has 1 saturated heterocycles. The third kappa shape index (κ3) is 2.50. The van der Waals surface area contributed by atoms with Gasteiger partial charge >= 0.3 is 0 Å². The number of ether oxygens (including phenoxy) is 2. The van der Waals surface area contributed by atoms with Crippen LogP contribution in [-0.4, -0.2) is 55.8 Å². The molecule has 1 aliphatic carbocycles. The smallest absolute Gasteiger partial charge is 0.160 e. The van der Waals surface area contributed by atoms with E-state index in [1.165, 1.54) is 0 Å². The zero-order valence-electron chi connectivity index (χ0n) is 9.56. The molecule has 2 fully saturated rings. The lowest BCUT2D eigenvalue weighted by Crippen LogP contribution is -2.46. The van der Waals surface area contributed by atoms with Crippen molar-refractivity contribution in [1.82, 2.24) is 4.90 Å². The molecule has 2 aliphatic rings. The van der Waals surface area contributed by atoms with Gasteiger partial charge in [0, 0.05) is 12.0 Å². The molecule has 3 atom stereocenters. The maximum Gasteiger partial charge on any atom is 0.160 e. The largest absolute Gasteiger partial charge is 0.391 e. The molecular weight excluding hydrogens is 194 g/mol. The predicted octanol–water partition coefficient (Wildman–Crippen LogP) is 0.450. The van der Waals surface area contributed by atoms with E-state index < -0.39 is 0 Å². The number of aliphatic hydroxyl groups is 1. The molecule has 1 N–H and O–H groups in total. The Morgan fingerprint density at radius 3 is 2.40 bits per heavy atom. The highest BCUT2D eigenvalue weighted by molar-refractivity contribution is 4.86. The fraction of sp³-hybridized carbons (Fsp3) is 1.00. The Hall–Kier alpha value is -0.160. The Bertz CT molecular complexity index is 204. The minimum absolute atomic E-state index is 0.0278. The summed E-state index contributed by atoms with van der Waals surface area (Å²) in [6.45, 7) is 1.44. The SMILES string of the molecule is CN(C)C1CC(C2OCCO2)CCC1O. The van der Waals surface area contributed by atoms with Crippen LogP contribution < -0.4 is 0 Å². The summed E-state index contributed by atoms with van der Waals surface area (Å²) in [4.78, 5) is 2.10. The van der Waals surface area contributed by atoms with Gasteiger partial charge in [-0.2, -0.15) is 0 Å². The van der Waals surface area contributed by atoms with E-state index in [9.17, 15) is 5.11 Å². The molecule has 0 aromatic carbocycles. The zero-order chi connectivity index (χ0) is 10.8. The highest BCUT2D eigenvalue weighted by atomic mass is 16.7. The molecule has 4 heteroatoms. The maximum atomic E-state index is 9.88. The second-order valence-electron chi connectivity index (χ2n) is 4.78. The van der Waals surface area contributed by atoms with Crippen LogP contribution in [0.25, 0.3) is 0 Å². The van der Waals surface area contributed by atoms with Crippen molar-refractivity contribution in [3.63, 3.8) is 0 Å². The summed E-state index contributed by atoms with van der Waals surface area (Å²) < 4.78 is 11.1. The Morgan fingerprint density at radius 2 is 1.80 bits per heavy atom. The minimum atomic E-state index is -0.197. The lowest BCUT2D eigenvalue weighted by Gasteiger charge is -2.38. The van der Waals surface area contributed by atoms with Crippen LogP contribution >= 0.6 is 0 Å². The Balaban J connectivity index is 1.92. The summed E-state index contributed by atoms with van der Waals surface area (Å²) >= 11 is 0. The van der Waals surface area contributed by atoms with Crippen LogP contribution in [0.5, 0.6) is 0 Å². The van der Waals surface area contributed by atoms with E-state index in [1.54, 1.807) is 0 Å². The molecule has 0 bridgehead atoms. The molecule has 1 heterocycles. The number of nitrogens with zero attached hydrogens (tertiary/aromatic N) is 1. The predicted molar refractivity (Wildman–Crippen MR) is 56.5 cm³/mol. The van der Waals surface area contributed by atoms with E-state index in [0.29, 0.717) is 5.92 Å². The zero-order valence-corrected chi connectivity index (χ0v) is 9.56. The summed E-state index contributed by atoms with van der Waals surface area (Å²) in [7, 11) is 4.04. The molecular formula is C11H21NO3. The fourth-order valence-electron chi connectivity index (χ4n) is 2.61. The third-order valence-corrected chi connectivity index (χ3v) is 3.52. The van der Waals surface area contributed by atoms with Gasteiger partial charge in [0.25, 0.3) is 0 Å². The van der Waals surface area contributed by atoms with E-state index >= 15 is 0 Å². The molecule has 4 nitrogen and oxygen atoms in total. The van der Waals surface area contributed by atoms with Crippen LogP contribution in [-0.2, 0) is 9.47 Å². The van der Waals surface area contributed by atoms with Gasteiger partial charge in [-0.1, -0.05) is 0 Å². The summed E-state index contributed by atoms with van der Waals surface area (Å²) in [5.74, 6) is 0.447. The lowest BCUT2D eigenvalue weighted by molar-refractivity contribution is -0.111. The standard InChI is InChI=1S/C11H21NO3/c1-12(2)9-7-8(3-4-10(9)13)11-14-5-6-15-11/h8-11,13H,3-7H2,1-2H3. The summed E-state index contributed by atoms with van der Waals surface area (Å²) in [5, 5.41) is 9.88. The van der Waals surface area contributed by atoms with Crippen molar-refractivity contribution in [3.8, 4) is 0 Å². The van der Waals surface area contributed by atoms with Gasteiger partial charge in [0.15, 0.2) is 6.29 Å². The van der Waals surface area contributed by atoms with Crippen molar-refractivity contribution < 1.29 is 14.6 Å². The van der Waals surface area contributed by atoms with Crippen molar-refractivity contribution in [2.45, 2.75) is 37.7 Å². The first-order valence-corrected chi connectivity index (χ1v) is 5.76. The van der Waals surface area contributed by atoms with Crippen LogP contribution in [0.3, 0.4) is 0 Å². The fourth-order valence-corrected chi connectivity index (χ4v) is 2.61. The average Bonchev–Trinajstić information content (AvgIpc) is 2.71. The number of rotatable bonds is 2. The number of hydrogen-bond acceptors (Lipinski definition) is 4. The monoisotopic (exact) mass is 215 g/mol. The quantitative estimate of drug-likeness (QED) is 0.726. The van der Waals surface area contributed by atoms with Crippen molar-refractivity contribution in [2.75, 3.05) is 27.3 Å². The molecule has 0 amide bonds. The van der Waals surface area contributed by atoms with Crippen molar-refractivity contribution in [2.24, 2.45) is 5.92 Å². The Morgan fingerprint density at radius 1 is 1.13 bits per heavy atom. The molecule has 0 aromatic rings. The first-order valence-electron chi connectivity index (χ1n) is 5.76. The van der Waals surface area contributed by atoms with Crippen molar-refractivity contribution in [3.05, 3.63) is 0 Å². The van der Waals surface area contributed by atoms with Gasteiger partial charge in [0.05, 0.1) is 19.3 Å².